The highest BCUT2D eigenvalue weighted by Crippen LogP contribution is 2.15. The van der Waals surface area contributed by atoms with Gasteiger partial charge in [0.05, 0.1) is 11.5 Å². The van der Waals surface area contributed by atoms with Crippen LogP contribution in [0.15, 0.2) is 48.8 Å². The lowest BCUT2D eigenvalue weighted by Crippen LogP contribution is -2.49. The first-order valence-corrected chi connectivity index (χ1v) is 10.2. The third kappa shape index (κ3) is 5.72. The monoisotopic (exact) mass is 385 g/mol. The summed E-state index contributed by atoms with van der Waals surface area (Å²) in [5.41, 5.74) is 3.06. The van der Waals surface area contributed by atoms with Crippen molar-refractivity contribution in [3.63, 3.8) is 0 Å². The molecule has 0 unspecified atom stereocenters. The lowest BCUT2D eigenvalue weighted by atomic mass is 10.2. The van der Waals surface area contributed by atoms with Crippen LogP contribution in [0.2, 0.25) is 0 Å². The SMILES string of the molecule is Cc1cccc(NC(=O)CSCC(=O)N2CCN(c3cc[nH+]cc3)CC2)c1. The third-order valence-corrected chi connectivity index (χ3v) is 5.38. The molecule has 27 heavy (non-hydrogen) atoms. The van der Waals surface area contributed by atoms with Gasteiger partial charge in [-0.25, -0.2) is 4.98 Å². The van der Waals surface area contributed by atoms with Gasteiger partial charge < -0.3 is 15.1 Å². The van der Waals surface area contributed by atoms with Gasteiger partial charge >= 0.3 is 0 Å². The number of carbonyl (C=O) groups excluding carboxylic acids is 2. The number of thioether (sulfide) groups is 1. The molecule has 1 saturated heterocycles. The van der Waals surface area contributed by atoms with E-state index in [1.807, 2.05) is 60.6 Å². The van der Waals surface area contributed by atoms with Gasteiger partial charge in [-0.2, -0.15) is 0 Å². The van der Waals surface area contributed by atoms with Crippen molar-refractivity contribution >= 4 is 35.0 Å². The topological polar surface area (TPSA) is 66.8 Å². The Kier molecular flexibility index (Phi) is 6.70. The van der Waals surface area contributed by atoms with Crippen molar-refractivity contribution in [3.05, 3.63) is 54.4 Å². The molecular formula is C20H25N4O2S+. The number of aryl methyl sites for hydroxylation is 1. The average Bonchev–Trinajstić information content (AvgIpc) is 2.69. The number of H-pyrrole nitrogens is 1. The zero-order chi connectivity index (χ0) is 19.1. The van der Waals surface area contributed by atoms with Crippen LogP contribution in [0.3, 0.4) is 0 Å². The van der Waals surface area contributed by atoms with Crippen molar-refractivity contribution in [1.29, 1.82) is 0 Å². The Hall–Kier alpha value is -2.54. The van der Waals surface area contributed by atoms with Gasteiger partial charge in [-0.3, -0.25) is 9.59 Å². The smallest absolute Gasteiger partial charge is 0.234 e. The van der Waals surface area contributed by atoms with Crippen LogP contribution >= 0.6 is 11.8 Å². The third-order valence-electron chi connectivity index (χ3n) is 4.46. The molecule has 3 rings (SSSR count). The van der Waals surface area contributed by atoms with Gasteiger partial charge in [-0.15, -0.1) is 11.8 Å². The minimum Gasteiger partial charge on any atom is -0.368 e. The number of nitrogens with one attached hydrogen (secondary N) is 2. The largest absolute Gasteiger partial charge is 0.368 e. The van der Waals surface area contributed by atoms with Gasteiger partial charge in [-0.05, 0) is 24.6 Å². The molecule has 7 heteroatoms. The maximum Gasteiger partial charge on any atom is 0.234 e. The fraction of sp³-hybridized carbons (Fsp3) is 0.350. The summed E-state index contributed by atoms with van der Waals surface area (Å²) in [6.45, 7) is 5.07. The van der Waals surface area contributed by atoms with Crippen LogP contribution in [0, 0.1) is 6.92 Å². The Morgan fingerprint density at radius 3 is 2.52 bits per heavy atom. The first-order chi connectivity index (χ1) is 13.1. The minimum absolute atomic E-state index is 0.0795. The molecule has 2 N–H and O–H groups in total. The molecule has 1 aliphatic heterocycles. The summed E-state index contributed by atoms with van der Waals surface area (Å²) in [6, 6.07) is 11.8. The molecule has 0 aliphatic carbocycles. The molecule has 2 amide bonds. The first-order valence-electron chi connectivity index (χ1n) is 9.05. The zero-order valence-electron chi connectivity index (χ0n) is 15.5. The lowest BCUT2D eigenvalue weighted by molar-refractivity contribution is -0.377. The second kappa shape index (κ2) is 9.41. The molecule has 1 aliphatic rings. The van der Waals surface area contributed by atoms with E-state index >= 15 is 0 Å². The van der Waals surface area contributed by atoms with Crippen LogP contribution in [0.25, 0.3) is 0 Å². The van der Waals surface area contributed by atoms with E-state index in [9.17, 15) is 9.59 Å². The average molecular weight is 386 g/mol. The first kappa shape index (κ1) is 19.2. The number of rotatable bonds is 6. The minimum atomic E-state index is -0.0795. The molecular weight excluding hydrogens is 360 g/mol. The van der Waals surface area contributed by atoms with Gasteiger partial charge in [0.25, 0.3) is 0 Å². The molecule has 2 heterocycles. The molecule has 2 aromatic rings. The van der Waals surface area contributed by atoms with E-state index in [4.69, 9.17) is 0 Å². The molecule has 0 bridgehead atoms. The number of nitrogens with zero attached hydrogens (tertiary/aromatic N) is 2. The van der Waals surface area contributed by atoms with Crippen molar-refractivity contribution < 1.29 is 14.6 Å². The van der Waals surface area contributed by atoms with Crippen LogP contribution in [0.4, 0.5) is 11.4 Å². The number of pyridine rings is 1. The van der Waals surface area contributed by atoms with E-state index in [1.54, 1.807) is 0 Å². The summed E-state index contributed by atoms with van der Waals surface area (Å²) in [6.07, 6.45) is 3.82. The van der Waals surface area contributed by atoms with E-state index in [0.29, 0.717) is 18.8 Å². The summed E-state index contributed by atoms with van der Waals surface area (Å²) in [7, 11) is 0. The number of aromatic amines is 1. The van der Waals surface area contributed by atoms with E-state index in [-0.39, 0.29) is 17.6 Å². The van der Waals surface area contributed by atoms with Gasteiger partial charge in [0.2, 0.25) is 11.8 Å². The second-order valence-corrected chi connectivity index (χ2v) is 7.52. The quantitative estimate of drug-likeness (QED) is 0.824. The second-order valence-electron chi connectivity index (χ2n) is 6.54. The van der Waals surface area contributed by atoms with Crippen LogP contribution in [-0.2, 0) is 9.59 Å². The Morgan fingerprint density at radius 2 is 1.81 bits per heavy atom. The number of hydrogen-bond donors (Lipinski definition) is 1. The lowest BCUT2D eigenvalue weighted by Gasteiger charge is -2.35. The Balaban J connectivity index is 1.37. The van der Waals surface area contributed by atoms with Crippen molar-refractivity contribution in [2.45, 2.75) is 6.92 Å². The van der Waals surface area contributed by atoms with E-state index in [2.05, 4.69) is 15.2 Å². The van der Waals surface area contributed by atoms with E-state index in [0.717, 1.165) is 24.3 Å². The summed E-state index contributed by atoms with van der Waals surface area (Å²) < 4.78 is 0. The molecule has 1 aromatic carbocycles. The molecule has 0 radical (unpaired) electrons. The molecule has 142 valence electrons. The zero-order valence-corrected chi connectivity index (χ0v) is 16.3. The number of anilines is 2. The standard InChI is InChI=1S/C20H24N4O2S/c1-16-3-2-4-17(13-16)22-19(25)14-27-15-20(26)24-11-9-23(10-12-24)18-5-7-21-8-6-18/h2-8,13H,9-12,14-15H2,1H3,(H,22,25)/p+1. The highest BCUT2D eigenvalue weighted by atomic mass is 32.2. The summed E-state index contributed by atoms with van der Waals surface area (Å²) in [4.78, 5) is 31.6. The van der Waals surface area contributed by atoms with Crippen molar-refractivity contribution in [2.75, 3.05) is 47.9 Å². The van der Waals surface area contributed by atoms with Crippen molar-refractivity contribution in [2.24, 2.45) is 0 Å². The maximum absolute atomic E-state index is 12.4. The molecule has 1 fully saturated rings. The number of amides is 2. The maximum atomic E-state index is 12.4. The number of carbonyl (C=O) groups is 2. The molecule has 0 spiro atoms. The van der Waals surface area contributed by atoms with Gasteiger partial charge in [0, 0.05) is 49.7 Å². The predicted octanol–water partition coefficient (Wildman–Crippen LogP) is 1.83. The Labute approximate surface area is 164 Å². The molecule has 6 nitrogen and oxygen atoms in total. The van der Waals surface area contributed by atoms with Crippen molar-refractivity contribution in [1.82, 2.24) is 4.90 Å². The number of aromatic nitrogens is 1. The van der Waals surface area contributed by atoms with Gasteiger partial charge in [0.15, 0.2) is 12.4 Å². The van der Waals surface area contributed by atoms with E-state index < -0.39 is 0 Å². The Bertz CT molecular complexity index is 777. The molecule has 0 atom stereocenters. The predicted molar refractivity (Wildman–Crippen MR) is 109 cm³/mol. The fourth-order valence-electron chi connectivity index (χ4n) is 3.05. The normalized spacial score (nSPS) is 14.1. The number of benzene rings is 1. The highest BCUT2D eigenvalue weighted by molar-refractivity contribution is 8.00. The number of piperazine rings is 1. The Morgan fingerprint density at radius 1 is 1.07 bits per heavy atom. The van der Waals surface area contributed by atoms with Gasteiger partial charge in [0.1, 0.15) is 0 Å². The summed E-state index contributed by atoms with van der Waals surface area (Å²) in [5.74, 6) is 0.635. The summed E-state index contributed by atoms with van der Waals surface area (Å²) >= 11 is 1.36. The number of hydrogen-bond acceptors (Lipinski definition) is 4. The molecule has 0 saturated carbocycles. The van der Waals surface area contributed by atoms with Crippen LogP contribution in [0.1, 0.15) is 5.56 Å². The van der Waals surface area contributed by atoms with Crippen molar-refractivity contribution in [3.8, 4) is 0 Å². The van der Waals surface area contributed by atoms with Crippen LogP contribution in [0.5, 0.6) is 0 Å². The van der Waals surface area contributed by atoms with Crippen LogP contribution < -0.4 is 15.2 Å². The molecule has 1 aromatic heterocycles. The van der Waals surface area contributed by atoms with E-state index in [1.165, 1.54) is 17.4 Å². The van der Waals surface area contributed by atoms with Gasteiger partial charge in [-0.1, -0.05) is 12.1 Å². The highest BCUT2D eigenvalue weighted by Gasteiger charge is 2.21. The summed E-state index contributed by atoms with van der Waals surface area (Å²) in [5, 5.41) is 2.87. The van der Waals surface area contributed by atoms with Crippen LogP contribution in [-0.4, -0.2) is 54.4 Å². The fourth-order valence-corrected chi connectivity index (χ4v) is 3.76.